The van der Waals surface area contributed by atoms with Crippen molar-refractivity contribution in [2.24, 2.45) is 0 Å². The van der Waals surface area contributed by atoms with E-state index in [1.54, 1.807) is 0 Å². The van der Waals surface area contributed by atoms with Crippen LogP contribution >= 0.6 is 0 Å². The molecular weight excluding hydrogens is 546 g/mol. The predicted molar refractivity (Wildman–Crippen MR) is 184 cm³/mol. The normalized spacial score (nSPS) is 14.0. The van der Waals surface area contributed by atoms with Crippen LogP contribution in [0, 0.1) is 0 Å². The van der Waals surface area contributed by atoms with Gasteiger partial charge in [0.05, 0.1) is 22.1 Å². The first kappa shape index (κ1) is 23.6. The van der Waals surface area contributed by atoms with E-state index in [1.165, 1.54) is 66.3 Å². The van der Waals surface area contributed by atoms with E-state index in [4.69, 9.17) is 4.42 Å². The van der Waals surface area contributed by atoms with E-state index in [0.717, 1.165) is 27.6 Å². The maximum absolute atomic E-state index is 6.59. The average molecular weight is 572 g/mol. The summed E-state index contributed by atoms with van der Waals surface area (Å²) in [7, 11) is 0. The molecule has 0 aliphatic heterocycles. The minimum atomic E-state index is -0.366. The number of rotatable bonds is 1. The lowest BCUT2D eigenvalue weighted by atomic mass is 9.70. The largest absolute Gasteiger partial charge is 0.454 e. The van der Waals surface area contributed by atoms with Crippen molar-refractivity contribution in [2.75, 3.05) is 0 Å². The molecule has 2 heteroatoms. The van der Waals surface area contributed by atoms with Gasteiger partial charge in [-0.2, -0.15) is 0 Å². The molecule has 0 unspecified atom stereocenters. The molecule has 2 aliphatic rings. The Morgan fingerprint density at radius 1 is 0.400 bits per heavy atom. The minimum Gasteiger partial charge on any atom is -0.454 e. The summed E-state index contributed by atoms with van der Waals surface area (Å²) in [5, 5.41) is 4.78. The second-order valence-corrected chi connectivity index (χ2v) is 12.4. The number of fused-ring (bicyclic) bond motifs is 16. The second-order valence-electron chi connectivity index (χ2n) is 12.4. The van der Waals surface area contributed by atoms with Crippen molar-refractivity contribution in [3.8, 4) is 27.9 Å². The van der Waals surface area contributed by atoms with E-state index in [2.05, 4.69) is 150 Å². The lowest BCUT2D eigenvalue weighted by Gasteiger charge is -2.30. The monoisotopic (exact) mass is 571 g/mol. The minimum absolute atomic E-state index is 0.366. The summed E-state index contributed by atoms with van der Waals surface area (Å²) in [5.41, 5.74) is 15.6. The number of hydrogen-bond donors (Lipinski definition) is 0. The van der Waals surface area contributed by atoms with Crippen LogP contribution in [0.5, 0.6) is 0 Å². The smallest absolute Gasteiger partial charge is 0.159 e. The van der Waals surface area contributed by atoms with Crippen LogP contribution in [0.25, 0.3) is 71.7 Å². The van der Waals surface area contributed by atoms with Crippen LogP contribution < -0.4 is 0 Å². The SMILES string of the molecule is c1ccc2c(c1)-c1ccccc1C21c2ccccc2-c2cc3c(cc21)c1ccccc1n3-c1cccc2c1oc1ccccc12. The first-order valence-corrected chi connectivity index (χ1v) is 15.6. The molecule has 0 saturated carbocycles. The zero-order chi connectivity index (χ0) is 29.3. The fourth-order valence-corrected chi connectivity index (χ4v) is 8.72. The highest BCUT2D eigenvalue weighted by Crippen LogP contribution is 2.63. The molecule has 2 heterocycles. The third kappa shape index (κ3) is 2.73. The highest BCUT2D eigenvalue weighted by molar-refractivity contribution is 6.14. The molecule has 0 saturated heterocycles. The van der Waals surface area contributed by atoms with Crippen LogP contribution in [0.2, 0.25) is 0 Å². The van der Waals surface area contributed by atoms with E-state index in [-0.39, 0.29) is 5.41 Å². The van der Waals surface area contributed by atoms with Crippen molar-refractivity contribution in [3.05, 3.63) is 174 Å². The van der Waals surface area contributed by atoms with Crippen LogP contribution in [-0.2, 0) is 5.41 Å². The zero-order valence-corrected chi connectivity index (χ0v) is 24.3. The fraction of sp³-hybridized carbons (Fsp3) is 0.0233. The number of furan rings is 1. The lowest BCUT2D eigenvalue weighted by molar-refractivity contribution is 0.666. The Labute approximate surface area is 259 Å². The third-order valence-corrected chi connectivity index (χ3v) is 10.4. The van der Waals surface area contributed by atoms with E-state index >= 15 is 0 Å². The number of hydrogen-bond acceptors (Lipinski definition) is 1. The molecule has 0 fully saturated rings. The number of nitrogens with zero attached hydrogens (tertiary/aromatic N) is 1. The van der Waals surface area contributed by atoms with Gasteiger partial charge in [-0.15, -0.1) is 0 Å². The van der Waals surface area contributed by atoms with Crippen molar-refractivity contribution in [1.29, 1.82) is 0 Å². The quantitative estimate of drug-likeness (QED) is 0.192. The Kier molecular flexibility index (Phi) is 4.29. The zero-order valence-electron chi connectivity index (χ0n) is 24.3. The molecular formula is C43H25NO. The summed E-state index contributed by atoms with van der Waals surface area (Å²) in [6.07, 6.45) is 0. The topological polar surface area (TPSA) is 18.1 Å². The highest BCUT2D eigenvalue weighted by Gasteiger charge is 2.51. The molecule has 0 amide bonds. The summed E-state index contributed by atoms with van der Waals surface area (Å²) >= 11 is 0. The van der Waals surface area contributed by atoms with Crippen LogP contribution in [-0.4, -0.2) is 4.57 Å². The van der Waals surface area contributed by atoms with Crippen LogP contribution in [0.15, 0.2) is 156 Å². The van der Waals surface area contributed by atoms with E-state index in [9.17, 15) is 0 Å². The van der Waals surface area contributed by atoms with Gasteiger partial charge >= 0.3 is 0 Å². The molecule has 11 rings (SSSR count). The molecule has 9 aromatic rings. The molecule has 45 heavy (non-hydrogen) atoms. The van der Waals surface area contributed by atoms with Gasteiger partial charge < -0.3 is 8.98 Å². The maximum atomic E-state index is 6.59. The Morgan fingerprint density at radius 2 is 0.978 bits per heavy atom. The first-order chi connectivity index (χ1) is 22.3. The van der Waals surface area contributed by atoms with Gasteiger partial charge in [-0.3, -0.25) is 0 Å². The van der Waals surface area contributed by atoms with Gasteiger partial charge in [0.25, 0.3) is 0 Å². The number of benzene rings is 7. The third-order valence-electron chi connectivity index (χ3n) is 10.4. The number of aromatic nitrogens is 1. The Hall–Kier alpha value is -5.86. The summed E-state index contributed by atoms with van der Waals surface area (Å²) in [5.74, 6) is 0. The molecule has 2 aliphatic carbocycles. The molecule has 7 aromatic carbocycles. The molecule has 2 nitrogen and oxygen atoms in total. The Balaban J connectivity index is 1.31. The van der Waals surface area contributed by atoms with Gasteiger partial charge in [0.1, 0.15) is 5.58 Å². The van der Waals surface area contributed by atoms with Crippen molar-refractivity contribution in [3.63, 3.8) is 0 Å². The van der Waals surface area contributed by atoms with Crippen LogP contribution in [0.4, 0.5) is 0 Å². The van der Waals surface area contributed by atoms with Gasteiger partial charge in [-0.25, -0.2) is 0 Å². The predicted octanol–water partition coefficient (Wildman–Crippen LogP) is 11.0. The molecule has 1 spiro atoms. The van der Waals surface area contributed by atoms with E-state index in [1.807, 2.05) is 6.07 Å². The van der Waals surface area contributed by atoms with E-state index < -0.39 is 0 Å². The van der Waals surface area contributed by atoms with E-state index in [0.29, 0.717) is 0 Å². The van der Waals surface area contributed by atoms with Crippen molar-refractivity contribution < 1.29 is 4.42 Å². The van der Waals surface area contributed by atoms with Crippen molar-refractivity contribution >= 4 is 43.7 Å². The molecule has 0 bridgehead atoms. The number of para-hydroxylation sites is 3. The molecule has 0 radical (unpaired) electrons. The fourth-order valence-electron chi connectivity index (χ4n) is 8.72. The van der Waals surface area contributed by atoms with Crippen molar-refractivity contribution in [2.45, 2.75) is 5.41 Å². The standard InChI is InChI=1S/C43H25NO/c1-6-18-34-26(12-1)27-13-2-7-19-35(27)43(34)36-20-8-3-14-28(36)32-25-40-33(24-37(32)43)29-15-4-9-21-38(29)44(40)39-22-11-17-31-30-16-5-10-23-41(30)45-42(31)39/h1-25H. The van der Waals surface area contributed by atoms with Crippen LogP contribution in [0.1, 0.15) is 22.3 Å². The van der Waals surface area contributed by atoms with Gasteiger partial charge in [0.2, 0.25) is 0 Å². The second kappa shape index (κ2) is 8.19. The molecule has 208 valence electrons. The van der Waals surface area contributed by atoms with Gasteiger partial charge in [-0.05, 0) is 74.8 Å². The lowest BCUT2D eigenvalue weighted by Crippen LogP contribution is -2.25. The van der Waals surface area contributed by atoms with Gasteiger partial charge in [0, 0.05) is 21.5 Å². The molecule has 2 aromatic heterocycles. The molecule has 0 N–H and O–H groups in total. The van der Waals surface area contributed by atoms with Gasteiger partial charge in [0.15, 0.2) is 5.58 Å². The van der Waals surface area contributed by atoms with Crippen LogP contribution in [0.3, 0.4) is 0 Å². The van der Waals surface area contributed by atoms with Crippen molar-refractivity contribution in [1.82, 2.24) is 4.57 Å². The molecule has 0 atom stereocenters. The highest BCUT2D eigenvalue weighted by atomic mass is 16.3. The van der Waals surface area contributed by atoms with Gasteiger partial charge in [-0.1, -0.05) is 121 Å². The maximum Gasteiger partial charge on any atom is 0.159 e. The first-order valence-electron chi connectivity index (χ1n) is 15.6. The Bertz CT molecular complexity index is 2670. The Morgan fingerprint density at radius 3 is 1.71 bits per heavy atom. The summed E-state index contributed by atoms with van der Waals surface area (Å²) in [6.45, 7) is 0. The summed E-state index contributed by atoms with van der Waals surface area (Å²) < 4.78 is 9.00. The summed E-state index contributed by atoms with van der Waals surface area (Å²) in [4.78, 5) is 0. The average Bonchev–Trinajstić information content (AvgIpc) is 3.81. The summed E-state index contributed by atoms with van der Waals surface area (Å²) in [6, 6.07) is 55.7.